The van der Waals surface area contributed by atoms with Gasteiger partial charge in [-0.2, -0.15) is 0 Å². The molecule has 0 spiro atoms. The molecular weight excluding hydrogens is 383 g/mol. The van der Waals surface area contributed by atoms with Crippen LogP contribution in [-0.4, -0.2) is 30.1 Å². The summed E-state index contributed by atoms with van der Waals surface area (Å²) in [6.07, 6.45) is 3.11. The molecule has 1 heterocycles. The molecule has 3 unspecified atom stereocenters. The maximum absolute atomic E-state index is 13.4. The van der Waals surface area contributed by atoms with Crippen molar-refractivity contribution in [2.24, 2.45) is 5.73 Å². The highest BCUT2D eigenvalue weighted by Gasteiger charge is 2.39. The lowest BCUT2D eigenvalue weighted by molar-refractivity contribution is 0.0588. The zero-order valence-electron chi connectivity index (χ0n) is 14.0. The second-order valence-electron chi connectivity index (χ2n) is 6.98. The van der Waals surface area contributed by atoms with Crippen LogP contribution in [0.25, 0.3) is 0 Å². The summed E-state index contributed by atoms with van der Waals surface area (Å²) in [5.41, 5.74) is 8.76. The van der Waals surface area contributed by atoms with Crippen LogP contribution in [0.4, 0.5) is 4.39 Å². The van der Waals surface area contributed by atoms with Crippen LogP contribution >= 0.6 is 15.9 Å². The van der Waals surface area contributed by atoms with Crippen LogP contribution < -0.4 is 10.5 Å². The van der Waals surface area contributed by atoms with E-state index in [-0.39, 0.29) is 24.0 Å². The van der Waals surface area contributed by atoms with Gasteiger partial charge in [0.25, 0.3) is 0 Å². The molecular formula is C20H22BrFN2O. The van der Waals surface area contributed by atoms with Gasteiger partial charge in [0.2, 0.25) is 0 Å². The lowest BCUT2D eigenvalue weighted by Crippen LogP contribution is -2.49. The summed E-state index contributed by atoms with van der Waals surface area (Å²) >= 11 is 3.42. The van der Waals surface area contributed by atoms with Crippen LogP contribution in [-0.2, 0) is 6.42 Å². The predicted octanol–water partition coefficient (Wildman–Crippen LogP) is 4.06. The van der Waals surface area contributed by atoms with Crippen LogP contribution in [0.5, 0.6) is 5.75 Å². The number of fused-ring (bicyclic) bond motifs is 1. The number of ether oxygens (including phenoxy) is 1. The van der Waals surface area contributed by atoms with E-state index in [9.17, 15) is 4.39 Å². The summed E-state index contributed by atoms with van der Waals surface area (Å²) in [5, 5.41) is 0. The molecule has 25 heavy (non-hydrogen) atoms. The lowest BCUT2D eigenvalue weighted by atomic mass is 10.0. The van der Waals surface area contributed by atoms with Gasteiger partial charge < -0.3 is 10.5 Å². The minimum Gasteiger partial charge on any atom is -0.483 e. The minimum atomic E-state index is -0.274. The first-order valence-electron chi connectivity index (χ1n) is 8.81. The molecule has 1 saturated heterocycles. The van der Waals surface area contributed by atoms with Gasteiger partial charge >= 0.3 is 0 Å². The largest absolute Gasteiger partial charge is 0.483 e. The lowest BCUT2D eigenvalue weighted by Gasteiger charge is -2.38. The number of hydrogen-bond acceptors (Lipinski definition) is 3. The Morgan fingerprint density at radius 1 is 1.20 bits per heavy atom. The minimum absolute atomic E-state index is 0.0664. The molecule has 0 aromatic heterocycles. The Labute approximate surface area is 156 Å². The fourth-order valence-corrected chi connectivity index (χ4v) is 4.49. The van der Waals surface area contributed by atoms with E-state index in [1.807, 2.05) is 0 Å². The van der Waals surface area contributed by atoms with Gasteiger partial charge in [0.15, 0.2) is 0 Å². The van der Waals surface area contributed by atoms with E-state index in [4.69, 9.17) is 10.5 Å². The average Bonchev–Trinajstić information content (AvgIpc) is 2.96. The molecule has 2 N–H and O–H groups in total. The van der Waals surface area contributed by atoms with Gasteiger partial charge in [0, 0.05) is 12.6 Å². The van der Waals surface area contributed by atoms with Gasteiger partial charge in [-0.25, -0.2) is 4.39 Å². The highest BCUT2D eigenvalue weighted by molar-refractivity contribution is 9.10. The molecule has 0 bridgehead atoms. The van der Waals surface area contributed by atoms with E-state index < -0.39 is 0 Å². The highest BCUT2D eigenvalue weighted by Crippen LogP contribution is 2.40. The molecule has 3 nitrogen and oxygen atoms in total. The van der Waals surface area contributed by atoms with Crippen molar-refractivity contribution in [2.45, 2.75) is 37.5 Å². The van der Waals surface area contributed by atoms with Gasteiger partial charge in [-0.15, -0.1) is 0 Å². The number of piperidine rings is 1. The standard InChI is InChI=1S/C20H22BrFN2O/c21-17-11-14(22)7-8-19(17)25-20-16-6-2-1-4-13(16)10-18(20)24-9-3-5-15(23)12-24/h1-2,4,6-8,11,15,18,20H,3,5,9-10,12,23H2. The second kappa shape index (κ2) is 7.06. The molecule has 0 radical (unpaired) electrons. The third-order valence-corrected chi connectivity index (χ3v) is 5.87. The Balaban J connectivity index is 1.65. The first kappa shape index (κ1) is 17.0. The zero-order chi connectivity index (χ0) is 17.4. The van der Waals surface area contributed by atoms with Crippen LogP contribution in [0.2, 0.25) is 0 Å². The van der Waals surface area contributed by atoms with Crippen molar-refractivity contribution in [2.75, 3.05) is 13.1 Å². The Bertz CT molecular complexity index is 769. The van der Waals surface area contributed by atoms with Gasteiger partial charge in [-0.05, 0) is 71.1 Å². The molecule has 4 rings (SSSR count). The number of hydrogen-bond donors (Lipinski definition) is 1. The topological polar surface area (TPSA) is 38.5 Å². The molecule has 1 aliphatic heterocycles. The van der Waals surface area contributed by atoms with Gasteiger partial charge in [-0.3, -0.25) is 4.90 Å². The number of rotatable bonds is 3. The number of nitrogens with two attached hydrogens (primary N) is 1. The summed E-state index contributed by atoms with van der Waals surface area (Å²) in [6, 6.07) is 13.5. The fraction of sp³-hybridized carbons (Fsp3) is 0.400. The summed E-state index contributed by atoms with van der Waals surface area (Å²) in [7, 11) is 0. The van der Waals surface area contributed by atoms with E-state index in [0.29, 0.717) is 10.2 Å². The van der Waals surface area contributed by atoms with E-state index in [1.165, 1.54) is 23.3 Å². The maximum Gasteiger partial charge on any atom is 0.140 e. The molecule has 0 saturated carbocycles. The first-order valence-corrected chi connectivity index (χ1v) is 9.60. The Kier molecular flexibility index (Phi) is 4.80. The zero-order valence-corrected chi connectivity index (χ0v) is 15.6. The molecule has 2 aromatic rings. The van der Waals surface area contributed by atoms with Crippen molar-refractivity contribution in [1.82, 2.24) is 4.90 Å². The van der Waals surface area contributed by atoms with Gasteiger partial charge in [0.1, 0.15) is 17.7 Å². The average molecular weight is 405 g/mol. The molecule has 2 aromatic carbocycles. The summed E-state index contributed by atoms with van der Waals surface area (Å²) in [6.45, 7) is 1.96. The SMILES string of the molecule is NC1CCCN(C2Cc3ccccc3C2Oc2ccc(F)cc2Br)C1. The van der Waals surface area contributed by atoms with E-state index in [0.717, 1.165) is 32.4 Å². The molecule has 1 fully saturated rings. The fourth-order valence-electron chi connectivity index (χ4n) is 4.05. The van der Waals surface area contributed by atoms with Crippen LogP contribution in [0.15, 0.2) is 46.9 Å². The first-order chi connectivity index (χ1) is 12.1. The van der Waals surface area contributed by atoms with E-state index >= 15 is 0 Å². The Morgan fingerprint density at radius 2 is 2.04 bits per heavy atom. The number of likely N-dealkylation sites (tertiary alicyclic amines) is 1. The van der Waals surface area contributed by atoms with E-state index in [2.05, 4.69) is 45.1 Å². The van der Waals surface area contributed by atoms with Crippen molar-refractivity contribution in [3.05, 3.63) is 63.9 Å². The smallest absolute Gasteiger partial charge is 0.140 e. The molecule has 0 amide bonds. The summed E-state index contributed by atoms with van der Waals surface area (Å²) < 4.78 is 20.4. The highest BCUT2D eigenvalue weighted by atomic mass is 79.9. The van der Waals surface area contributed by atoms with Crippen LogP contribution in [0.3, 0.4) is 0 Å². The summed E-state index contributed by atoms with van der Waals surface area (Å²) in [4.78, 5) is 2.47. The third-order valence-electron chi connectivity index (χ3n) is 5.25. The maximum atomic E-state index is 13.4. The van der Waals surface area contributed by atoms with Gasteiger partial charge in [-0.1, -0.05) is 24.3 Å². The number of halogens is 2. The van der Waals surface area contributed by atoms with Crippen LogP contribution in [0.1, 0.15) is 30.1 Å². The Hall–Kier alpha value is -1.43. The van der Waals surface area contributed by atoms with Gasteiger partial charge in [0.05, 0.1) is 10.5 Å². The monoisotopic (exact) mass is 404 g/mol. The van der Waals surface area contributed by atoms with Crippen molar-refractivity contribution in [1.29, 1.82) is 0 Å². The normalized spacial score (nSPS) is 26.4. The molecule has 132 valence electrons. The van der Waals surface area contributed by atoms with Crippen LogP contribution in [0, 0.1) is 5.82 Å². The van der Waals surface area contributed by atoms with Crippen molar-refractivity contribution in [3.63, 3.8) is 0 Å². The molecule has 5 heteroatoms. The van der Waals surface area contributed by atoms with Crippen molar-refractivity contribution in [3.8, 4) is 5.75 Å². The quantitative estimate of drug-likeness (QED) is 0.837. The molecule has 2 aliphatic rings. The number of benzene rings is 2. The predicted molar refractivity (Wildman–Crippen MR) is 100 cm³/mol. The Morgan fingerprint density at radius 3 is 2.84 bits per heavy atom. The molecule has 1 aliphatic carbocycles. The van der Waals surface area contributed by atoms with Crippen molar-refractivity contribution >= 4 is 15.9 Å². The molecule has 3 atom stereocenters. The summed E-state index contributed by atoms with van der Waals surface area (Å²) in [5.74, 6) is 0.402. The van der Waals surface area contributed by atoms with Crippen molar-refractivity contribution < 1.29 is 9.13 Å². The van der Waals surface area contributed by atoms with E-state index in [1.54, 1.807) is 6.07 Å². The third kappa shape index (κ3) is 3.46. The number of nitrogens with zero attached hydrogens (tertiary/aromatic N) is 1. The second-order valence-corrected chi connectivity index (χ2v) is 7.84.